The van der Waals surface area contributed by atoms with Crippen LogP contribution in [0.5, 0.6) is 0 Å². The van der Waals surface area contributed by atoms with E-state index in [-0.39, 0.29) is 17.9 Å². The molecule has 0 aliphatic heterocycles. The van der Waals surface area contributed by atoms with E-state index < -0.39 is 0 Å². The van der Waals surface area contributed by atoms with Gasteiger partial charge < -0.3 is 5.32 Å². The van der Waals surface area contributed by atoms with E-state index in [0.29, 0.717) is 6.42 Å². The molecule has 0 fully saturated rings. The van der Waals surface area contributed by atoms with Crippen molar-refractivity contribution in [3.05, 3.63) is 41.3 Å². The van der Waals surface area contributed by atoms with Crippen LogP contribution in [0.2, 0.25) is 0 Å². The topological polar surface area (TPSA) is 75.6 Å². The van der Waals surface area contributed by atoms with Gasteiger partial charge in [0.05, 0.1) is 17.4 Å². The standard InChI is InChI=1S/C19H25N5O/c1-11(2)24-17-9-16(7-6-15(17)10-20-24)21-18(25)8-12(3)19-13(4)22-23-14(19)5/h6-7,9-12H,8H2,1-5H3,(H,21,25)(H,22,23)/t12-/m0/s1. The van der Waals surface area contributed by atoms with Gasteiger partial charge in [0.25, 0.3) is 0 Å². The third-order valence-electron chi connectivity index (χ3n) is 4.54. The van der Waals surface area contributed by atoms with Gasteiger partial charge in [0.1, 0.15) is 0 Å². The van der Waals surface area contributed by atoms with Crippen LogP contribution in [0.1, 0.15) is 56.1 Å². The van der Waals surface area contributed by atoms with E-state index in [1.165, 1.54) is 0 Å². The number of amides is 1. The first-order chi connectivity index (χ1) is 11.9. The van der Waals surface area contributed by atoms with E-state index >= 15 is 0 Å². The summed E-state index contributed by atoms with van der Waals surface area (Å²) in [4.78, 5) is 12.5. The van der Waals surface area contributed by atoms with Crippen LogP contribution in [0.3, 0.4) is 0 Å². The van der Waals surface area contributed by atoms with Gasteiger partial charge in [-0.2, -0.15) is 10.2 Å². The second-order valence-electron chi connectivity index (χ2n) is 6.96. The molecule has 3 rings (SSSR count). The molecule has 0 saturated heterocycles. The lowest BCUT2D eigenvalue weighted by atomic mass is 9.95. The summed E-state index contributed by atoms with van der Waals surface area (Å²) in [6.45, 7) is 10.2. The van der Waals surface area contributed by atoms with Gasteiger partial charge in [-0.05, 0) is 57.4 Å². The lowest BCUT2D eigenvalue weighted by molar-refractivity contribution is -0.116. The Balaban J connectivity index is 1.74. The molecule has 1 amide bonds. The maximum atomic E-state index is 12.5. The number of hydrogen-bond donors (Lipinski definition) is 2. The predicted molar refractivity (Wildman–Crippen MR) is 99.8 cm³/mol. The maximum absolute atomic E-state index is 12.5. The Morgan fingerprint density at radius 1 is 1.28 bits per heavy atom. The number of benzene rings is 1. The van der Waals surface area contributed by atoms with Crippen LogP contribution >= 0.6 is 0 Å². The zero-order valence-corrected chi connectivity index (χ0v) is 15.4. The van der Waals surface area contributed by atoms with Gasteiger partial charge in [-0.25, -0.2) is 0 Å². The molecule has 0 aliphatic carbocycles. The monoisotopic (exact) mass is 339 g/mol. The van der Waals surface area contributed by atoms with Crippen LogP contribution in [-0.4, -0.2) is 25.9 Å². The van der Waals surface area contributed by atoms with E-state index in [2.05, 4.69) is 41.4 Å². The molecular weight excluding hydrogens is 314 g/mol. The Kier molecular flexibility index (Phi) is 4.61. The molecule has 0 spiro atoms. The van der Waals surface area contributed by atoms with Gasteiger partial charge in [0.15, 0.2) is 0 Å². The lowest BCUT2D eigenvalue weighted by Gasteiger charge is -2.13. The molecular formula is C19H25N5O. The Hall–Kier alpha value is -2.63. The Labute approximate surface area is 147 Å². The number of carbonyl (C=O) groups is 1. The van der Waals surface area contributed by atoms with Gasteiger partial charge in [-0.3, -0.25) is 14.6 Å². The van der Waals surface area contributed by atoms with Gasteiger partial charge >= 0.3 is 0 Å². The highest BCUT2D eigenvalue weighted by molar-refractivity contribution is 5.94. The minimum absolute atomic E-state index is 0.00228. The summed E-state index contributed by atoms with van der Waals surface area (Å²) in [6, 6.07) is 6.17. The zero-order valence-electron chi connectivity index (χ0n) is 15.4. The highest BCUT2D eigenvalue weighted by Gasteiger charge is 2.18. The fraction of sp³-hybridized carbons (Fsp3) is 0.421. The SMILES string of the molecule is Cc1n[nH]c(C)c1[C@@H](C)CC(=O)Nc1ccc2cnn(C(C)C)c2c1. The predicted octanol–water partition coefficient (Wildman–Crippen LogP) is 4.09. The number of aromatic nitrogens is 4. The molecule has 0 bridgehead atoms. The average molecular weight is 339 g/mol. The molecule has 0 saturated carbocycles. The molecule has 25 heavy (non-hydrogen) atoms. The molecule has 6 nitrogen and oxygen atoms in total. The van der Waals surface area contributed by atoms with E-state index in [1.807, 2.05) is 42.9 Å². The second-order valence-corrected chi connectivity index (χ2v) is 6.96. The van der Waals surface area contributed by atoms with Crippen LogP contribution in [0.15, 0.2) is 24.4 Å². The summed E-state index contributed by atoms with van der Waals surface area (Å²) in [5.74, 6) is 0.117. The average Bonchev–Trinajstić information content (AvgIpc) is 3.10. The minimum atomic E-state index is 0.00228. The molecule has 1 aromatic carbocycles. The van der Waals surface area contributed by atoms with Crippen LogP contribution in [0.4, 0.5) is 5.69 Å². The Morgan fingerprint density at radius 2 is 2.04 bits per heavy atom. The largest absolute Gasteiger partial charge is 0.326 e. The number of aromatic amines is 1. The summed E-state index contributed by atoms with van der Waals surface area (Å²) >= 11 is 0. The van der Waals surface area contributed by atoms with Gasteiger partial charge in [-0.15, -0.1) is 0 Å². The van der Waals surface area contributed by atoms with Crippen LogP contribution in [0, 0.1) is 13.8 Å². The van der Waals surface area contributed by atoms with Crippen LogP contribution < -0.4 is 5.32 Å². The molecule has 132 valence electrons. The fourth-order valence-corrected chi connectivity index (χ4v) is 3.40. The van der Waals surface area contributed by atoms with Gasteiger partial charge in [-0.1, -0.05) is 6.92 Å². The van der Waals surface area contributed by atoms with E-state index in [0.717, 1.165) is 33.5 Å². The zero-order chi connectivity index (χ0) is 18.1. The molecule has 0 unspecified atom stereocenters. The number of fused-ring (bicyclic) bond motifs is 1. The number of nitrogens with one attached hydrogen (secondary N) is 2. The molecule has 2 N–H and O–H groups in total. The number of nitrogens with zero attached hydrogens (tertiary/aromatic N) is 3. The molecule has 6 heteroatoms. The van der Waals surface area contributed by atoms with Crippen molar-refractivity contribution in [2.45, 2.75) is 53.0 Å². The number of aryl methyl sites for hydroxylation is 2. The van der Waals surface area contributed by atoms with Gasteiger partial charge in [0, 0.05) is 29.2 Å². The maximum Gasteiger partial charge on any atom is 0.224 e. The third kappa shape index (κ3) is 3.43. The highest BCUT2D eigenvalue weighted by atomic mass is 16.1. The van der Waals surface area contributed by atoms with Crippen molar-refractivity contribution in [2.24, 2.45) is 0 Å². The van der Waals surface area contributed by atoms with Crippen molar-refractivity contribution in [1.29, 1.82) is 0 Å². The minimum Gasteiger partial charge on any atom is -0.326 e. The summed E-state index contributed by atoms with van der Waals surface area (Å²) in [5.41, 5.74) is 4.94. The van der Waals surface area contributed by atoms with Crippen molar-refractivity contribution < 1.29 is 4.79 Å². The summed E-state index contributed by atoms with van der Waals surface area (Å²) < 4.78 is 1.96. The first-order valence-corrected chi connectivity index (χ1v) is 8.65. The van der Waals surface area contributed by atoms with Crippen LogP contribution in [-0.2, 0) is 4.79 Å². The lowest BCUT2D eigenvalue weighted by Crippen LogP contribution is -2.15. The molecule has 0 radical (unpaired) electrons. The molecule has 0 aliphatic rings. The smallest absolute Gasteiger partial charge is 0.224 e. The van der Waals surface area contributed by atoms with E-state index in [1.54, 1.807) is 0 Å². The summed E-state index contributed by atoms with van der Waals surface area (Å²) in [6.07, 6.45) is 2.27. The third-order valence-corrected chi connectivity index (χ3v) is 4.54. The van der Waals surface area contributed by atoms with Crippen molar-refractivity contribution in [2.75, 3.05) is 5.32 Å². The quantitative estimate of drug-likeness (QED) is 0.735. The normalized spacial score (nSPS) is 12.7. The first-order valence-electron chi connectivity index (χ1n) is 8.65. The van der Waals surface area contributed by atoms with Gasteiger partial charge in [0.2, 0.25) is 5.91 Å². The second kappa shape index (κ2) is 6.70. The molecule has 2 aromatic heterocycles. The number of H-pyrrole nitrogens is 1. The number of hydrogen-bond acceptors (Lipinski definition) is 3. The highest BCUT2D eigenvalue weighted by Crippen LogP contribution is 2.26. The van der Waals surface area contributed by atoms with E-state index in [4.69, 9.17) is 0 Å². The van der Waals surface area contributed by atoms with Crippen LogP contribution in [0.25, 0.3) is 10.9 Å². The number of carbonyl (C=O) groups excluding carboxylic acids is 1. The molecule has 1 atom stereocenters. The van der Waals surface area contributed by atoms with Crippen molar-refractivity contribution >= 4 is 22.5 Å². The van der Waals surface area contributed by atoms with Crippen molar-refractivity contribution in [1.82, 2.24) is 20.0 Å². The summed E-state index contributed by atoms with van der Waals surface area (Å²) in [5, 5.41) is 15.7. The van der Waals surface area contributed by atoms with Crippen molar-refractivity contribution in [3.63, 3.8) is 0 Å². The number of rotatable bonds is 5. The van der Waals surface area contributed by atoms with E-state index in [9.17, 15) is 4.79 Å². The van der Waals surface area contributed by atoms with Crippen molar-refractivity contribution in [3.8, 4) is 0 Å². The Morgan fingerprint density at radius 3 is 2.68 bits per heavy atom. The number of anilines is 1. The molecule has 3 aromatic rings. The molecule has 2 heterocycles. The Bertz CT molecular complexity index is 886. The summed E-state index contributed by atoms with van der Waals surface area (Å²) in [7, 11) is 0. The fourth-order valence-electron chi connectivity index (χ4n) is 3.40. The first kappa shape index (κ1) is 17.2.